The minimum atomic E-state index is 0.238. The molecule has 0 aliphatic carbocycles. The molecule has 3 heterocycles. The first-order valence-corrected chi connectivity index (χ1v) is 5.49. The van der Waals surface area contributed by atoms with Gasteiger partial charge in [-0.2, -0.15) is 0 Å². The summed E-state index contributed by atoms with van der Waals surface area (Å²) in [7, 11) is 0. The van der Waals surface area contributed by atoms with E-state index in [9.17, 15) is 0 Å². The Kier molecular flexibility index (Phi) is 2.21. The van der Waals surface area contributed by atoms with Crippen molar-refractivity contribution in [3.8, 4) is 0 Å². The topological polar surface area (TPSA) is 83.7 Å². The number of fused-ring (bicyclic) bond motifs is 1. The van der Waals surface area contributed by atoms with Gasteiger partial charge in [-0.25, -0.2) is 15.0 Å². The Morgan fingerprint density at radius 1 is 1.38 bits per heavy atom. The third-order valence-corrected chi connectivity index (χ3v) is 2.96. The minimum absolute atomic E-state index is 0.238. The van der Waals surface area contributed by atoms with E-state index in [2.05, 4.69) is 24.8 Å². The van der Waals surface area contributed by atoms with Gasteiger partial charge in [0.1, 0.15) is 11.8 Å². The number of nitrogens with zero attached hydrogens (tertiary/aromatic N) is 4. The van der Waals surface area contributed by atoms with E-state index in [0.717, 1.165) is 37.3 Å². The van der Waals surface area contributed by atoms with Crippen molar-refractivity contribution in [3.05, 3.63) is 12.7 Å². The second-order valence-corrected chi connectivity index (χ2v) is 4.15. The maximum absolute atomic E-state index is 5.97. The van der Waals surface area contributed by atoms with Crippen LogP contribution in [0.25, 0.3) is 11.2 Å². The molecular weight excluding hydrogens is 204 g/mol. The molecule has 1 aliphatic rings. The van der Waals surface area contributed by atoms with Gasteiger partial charge < -0.3 is 15.6 Å². The Morgan fingerprint density at radius 3 is 3.19 bits per heavy atom. The second-order valence-electron chi connectivity index (χ2n) is 4.15. The summed E-state index contributed by atoms with van der Waals surface area (Å²) in [5.74, 6) is 0.914. The molecule has 1 saturated heterocycles. The fourth-order valence-corrected chi connectivity index (χ4v) is 2.19. The number of anilines is 1. The monoisotopic (exact) mass is 218 g/mol. The highest BCUT2D eigenvalue weighted by atomic mass is 15.2. The third kappa shape index (κ3) is 1.51. The normalized spacial score (nSPS) is 21.6. The molecule has 6 heteroatoms. The van der Waals surface area contributed by atoms with E-state index in [1.165, 1.54) is 0 Å². The summed E-state index contributed by atoms with van der Waals surface area (Å²) >= 11 is 0. The number of rotatable bonds is 1. The van der Waals surface area contributed by atoms with Crippen LogP contribution in [-0.4, -0.2) is 39.1 Å². The van der Waals surface area contributed by atoms with E-state index in [0.29, 0.717) is 5.65 Å². The molecule has 0 radical (unpaired) electrons. The lowest BCUT2D eigenvalue weighted by atomic mass is 10.1. The van der Waals surface area contributed by atoms with Gasteiger partial charge in [0, 0.05) is 19.1 Å². The van der Waals surface area contributed by atoms with Gasteiger partial charge in [-0.15, -0.1) is 0 Å². The zero-order valence-electron chi connectivity index (χ0n) is 8.93. The fraction of sp³-hybridized carbons (Fsp3) is 0.500. The number of aromatic nitrogens is 4. The van der Waals surface area contributed by atoms with Gasteiger partial charge >= 0.3 is 0 Å². The molecule has 0 saturated carbocycles. The minimum Gasteiger partial charge on any atom is -0.353 e. The first-order chi connectivity index (χ1) is 7.84. The van der Waals surface area contributed by atoms with Crippen LogP contribution in [0.15, 0.2) is 12.7 Å². The highest BCUT2D eigenvalue weighted by Gasteiger charge is 2.20. The van der Waals surface area contributed by atoms with Gasteiger partial charge in [0.2, 0.25) is 0 Å². The average molecular weight is 218 g/mol. The number of imidazole rings is 1. The van der Waals surface area contributed by atoms with Crippen LogP contribution in [0.4, 0.5) is 5.82 Å². The Bertz CT molecular complexity index is 493. The predicted molar refractivity (Wildman–Crippen MR) is 61.1 cm³/mol. The molecule has 2 aromatic heterocycles. The molecule has 0 unspecified atom stereocenters. The van der Waals surface area contributed by atoms with E-state index in [1.54, 1.807) is 12.7 Å². The molecular formula is C10H14N6. The van der Waals surface area contributed by atoms with Crippen molar-refractivity contribution in [2.45, 2.75) is 18.9 Å². The summed E-state index contributed by atoms with van der Waals surface area (Å²) in [6.45, 7) is 1.85. The van der Waals surface area contributed by atoms with Crippen LogP contribution in [-0.2, 0) is 0 Å². The fourth-order valence-electron chi connectivity index (χ4n) is 2.19. The molecule has 2 aromatic rings. The largest absolute Gasteiger partial charge is 0.353 e. The number of piperidine rings is 1. The van der Waals surface area contributed by atoms with Crippen molar-refractivity contribution < 1.29 is 0 Å². The summed E-state index contributed by atoms with van der Waals surface area (Å²) in [5, 5.41) is 0. The molecule has 1 fully saturated rings. The highest BCUT2D eigenvalue weighted by molar-refractivity contribution is 5.82. The molecule has 0 bridgehead atoms. The lowest BCUT2D eigenvalue weighted by molar-refractivity contribution is 0.504. The van der Waals surface area contributed by atoms with Crippen LogP contribution < -0.4 is 10.6 Å². The van der Waals surface area contributed by atoms with Gasteiger partial charge in [0.15, 0.2) is 11.5 Å². The molecule has 0 amide bonds. The van der Waals surface area contributed by atoms with Crippen LogP contribution in [0.2, 0.25) is 0 Å². The molecule has 3 rings (SSSR count). The van der Waals surface area contributed by atoms with Crippen LogP contribution in [0.1, 0.15) is 12.8 Å². The number of hydrogen-bond donors (Lipinski definition) is 2. The van der Waals surface area contributed by atoms with Gasteiger partial charge in [-0.1, -0.05) is 0 Å². The molecule has 0 aromatic carbocycles. The number of aromatic amines is 1. The van der Waals surface area contributed by atoms with Crippen LogP contribution >= 0.6 is 0 Å². The first-order valence-electron chi connectivity index (χ1n) is 5.49. The lowest BCUT2D eigenvalue weighted by Crippen LogP contribution is -2.43. The third-order valence-electron chi connectivity index (χ3n) is 2.96. The Balaban J connectivity index is 2.01. The summed E-state index contributed by atoms with van der Waals surface area (Å²) < 4.78 is 0. The van der Waals surface area contributed by atoms with Gasteiger partial charge in [0.05, 0.1) is 6.33 Å². The second kappa shape index (κ2) is 3.71. The van der Waals surface area contributed by atoms with E-state index >= 15 is 0 Å². The summed E-state index contributed by atoms with van der Waals surface area (Å²) in [5.41, 5.74) is 7.58. The number of nitrogens with one attached hydrogen (secondary N) is 1. The standard InChI is InChI=1S/C10H14N6/c11-7-2-1-3-16(4-7)10-8-9(13-5-12-8)14-6-15-10/h5-7H,1-4,11H2,(H,12,13,14,15)/t7-/m1/s1. The molecule has 6 nitrogen and oxygen atoms in total. The highest BCUT2D eigenvalue weighted by Crippen LogP contribution is 2.22. The predicted octanol–water partition coefficient (Wildman–Crippen LogP) is 0.280. The molecule has 1 atom stereocenters. The van der Waals surface area contributed by atoms with Crippen molar-refractivity contribution in [2.24, 2.45) is 5.73 Å². The number of hydrogen-bond acceptors (Lipinski definition) is 5. The van der Waals surface area contributed by atoms with E-state index in [4.69, 9.17) is 5.73 Å². The van der Waals surface area contributed by atoms with Crippen molar-refractivity contribution in [3.63, 3.8) is 0 Å². The molecule has 1 aliphatic heterocycles. The summed E-state index contributed by atoms with van der Waals surface area (Å²) in [4.78, 5) is 17.8. The van der Waals surface area contributed by atoms with Gasteiger partial charge in [0.25, 0.3) is 0 Å². The van der Waals surface area contributed by atoms with Crippen molar-refractivity contribution in [2.75, 3.05) is 18.0 Å². The Hall–Kier alpha value is -1.69. The Morgan fingerprint density at radius 2 is 2.31 bits per heavy atom. The van der Waals surface area contributed by atoms with Crippen LogP contribution in [0, 0.1) is 0 Å². The maximum Gasteiger partial charge on any atom is 0.182 e. The van der Waals surface area contributed by atoms with Crippen LogP contribution in [0.3, 0.4) is 0 Å². The number of H-pyrrole nitrogens is 1. The summed E-state index contributed by atoms with van der Waals surface area (Å²) in [6.07, 6.45) is 5.40. The molecule has 84 valence electrons. The van der Waals surface area contributed by atoms with Crippen molar-refractivity contribution in [1.82, 2.24) is 19.9 Å². The lowest BCUT2D eigenvalue weighted by Gasteiger charge is -2.31. The van der Waals surface area contributed by atoms with Crippen LogP contribution in [0.5, 0.6) is 0 Å². The van der Waals surface area contributed by atoms with E-state index < -0.39 is 0 Å². The Labute approximate surface area is 92.9 Å². The SMILES string of the molecule is N[C@@H]1CCCN(c2ncnc3nc[nH]c23)C1. The van der Waals surface area contributed by atoms with Gasteiger partial charge in [-0.05, 0) is 12.8 Å². The number of nitrogens with two attached hydrogens (primary N) is 1. The molecule has 16 heavy (non-hydrogen) atoms. The zero-order chi connectivity index (χ0) is 11.0. The molecule has 0 spiro atoms. The smallest absolute Gasteiger partial charge is 0.182 e. The van der Waals surface area contributed by atoms with Crippen molar-refractivity contribution in [1.29, 1.82) is 0 Å². The zero-order valence-corrected chi connectivity index (χ0v) is 8.93. The van der Waals surface area contributed by atoms with E-state index in [1.807, 2.05) is 0 Å². The average Bonchev–Trinajstić information content (AvgIpc) is 2.76. The van der Waals surface area contributed by atoms with Crippen molar-refractivity contribution >= 4 is 17.0 Å². The van der Waals surface area contributed by atoms with Gasteiger partial charge in [-0.3, -0.25) is 0 Å². The maximum atomic E-state index is 5.97. The first kappa shape index (κ1) is 9.53. The molecule has 3 N–H and O–H groups in total. The van der Waals surface area contributed by atoms with E-state index in [-0.39, 0.29) is 6.04 Å². The quantitative estimate of drug-likeness (QED) is 0.718. The summed E-state index contributed by atoms with van der Waals surface area (Å²) in [6, 6.07) is 0.238.